The molecule has 0 aliphatic rings. The molecule has 1 heterocycles. The Morgan fingerprint density at radius 3 is 2.83 bits per heavy atom. The van der Waals surface area contributed by atoms with E-state index in [1.165, 1.54) is 0 Å². The average Bonchev–Trinajstić information content (AvgIpc) is 2.17. The van der Waals surface area contributed by atoms with Crippen molar-refractivity contribution in [1.82, 2.24) is 4.98 Å². The molecule has 0 saturated heterocycles. The molecule has 0 bridgehead atoms. The minimum atomic E-state index is 0.0891. The molecule has 0 amide bonds. The molecule has 0 aromatic carbocycles. The highest BCUT2D eigenvalue weighted by Gasteiger charge is 2.11. The fraction of sp³-hybridized carbons (Fsp3) is 0.333. The number of nitrogens with zero attached hydrogens (tertiary/aromatic N) is 1. The van der Waals surface area contributed by atoms with Gasteiger partial charge in [-0.25, -0.2) is 0 Å². The Morgan fingerprint density at radius 2 is 2.33 bits per heavy atom. The standard InChI is InChI=1S/C9H11NOS/c1-7(9(12)11-2)8-5-3-4-6-10-8/h3-7H,1-2H3. The number of hydrogen-bond donors (Lipinski definition) is 0. The van der Waals surface area contributed by atoms with Crippen molar-refractivity contribution in [3.05, 3.63) is 30.1 Å². The molecule has 1 aromatic heterocycles. The van der Waals surface area contributed by atoms with Crippen LogP contribution >= 0.6 is 12.2 Å². The maximum absolute atomic E-state index is 5.00. The van der Waals surface area contributed by atoms with Crippen LogP contribution in [-0.2, 0) is 4.74 Å². The molecule has 0 radical (unpaired) electrons. The van der Waals surface area contributed by atoms with E-state index in [4.69, 9.17) is 17.0 Å². The Balaban J connectivity index is 2.78. The zero-order valence-electron chi connectivity index (χ0n) is 7.15. The fourth-order valence-electron chi connectivity index (χ4n) is 0.930. The predicted octanol–water partition coefficient (Wildman–Crippen LogP) is 2.16. The van der Waals surface area contributed by atoms with Gasteiger partial charge >= 0.3 is 0 Å². The van der Waals surface area contributed by atoms with Gasteiger partial charge in [0.25, 0.3) is 0 Å². The van der Waals surface area contributed by atoms with Crippen LogP contribution in [-0.4, -0.2) is 17.1 Å². The van der Waals surface area contributed by atoms with Crippen molar-refractivity contribution in [3.8, 4) is 0 Å². The highest BCUT2D eigenvalue weighted by atomic mass is 32.1. The van der Waals surface area contributed by atoms with Crippen LogP contribution in [0.3, 0.4) is 0 Å². The van der Waals surface area contributed by atoms with Gasteiger partial charge in [-0.05, 0) is 31.3 Å². The SMILES string of the molecule is COC(=S)C(C)c1ccccn1. The van der Waals surface area contributed by atoms with Crippen LogP contribution in [0.2, 0.25) is 0 Å². The summed E-state index contributed by atoms with van der Waals surface area (Å²) < 4.78 is 4.96. The lowest BCUT2D eigenvalue weighted by Gasteiger charge is -2.10. The molecule has 64 valence electrons. The summed E-state index contributed by atoms with van der Waals surface area (Å²) in [5, 5.41) is 0.578. The first-order valence-corrected chi connectivity index (χ1v) is 4.15. The third kappa shape index (κ3) is 2.01. The smallest absolute Gasteiger partial charge is 0.168 e. The molecule has 1 aromatic rings. The van der Waals surface area contributed by atoms with E-state index in [1.807, 2.05) is 25.1 Å². The highest BCUT2D eigenvalue weighted by molar-refractivity contribution is 7.80. The van der Waals surface area contributed by atoms with Crippen LogP contribution < -0.4 is 0 Å². The molecule has 2 nitrogen and oxygen atoms in total. The number of aromatic nitrogens is 1. The van der Waals surface area contributed by atoms with Gasteiger partial charge in [0.05, 0.1) is 18.7 Å². The number of rotatable bonds is 2. The van der Waals surface area contributed by atoms with Crippen molar-refractivity contribution in [2.24, 2.45) is 0 Å². The van der Waals surface area contributed by atoms with Crippen molar-refractivity contribution in [1.29, 1.82) is 0 Å². The number of methoxy groups -OCH3 is 1. The normalized spacial score (nSPS) is 12.2. The predicted molar refractivity (Wildman–Crippen MR) is 52.3 cm³/mol. The zero-order valence-corrected chi connectivity index (χ0v) is 7.97. The molecular weight excluding hydrogens is 170 g/mol. The molecule has 0 spiro atoms. The number of hydrogen-bond acceptors (Lipinski definition) is 3. The van der Waals surface area contributed by atoms with Crippen molar-refractivity contribution in [2.45, 2.75) is 12.8 Å². The molecule has 0 saturated carbocycles. The molecule has 0 aliphatic heterocycles. The molecule has 0 aliphatic carbocycles. The van der Waals surface area contributed by atoms with Gasteiger partial charge in [0.2, 0.25) is 0 Å². The molecule has 1 unspecified atom stereocenters. The maximum atomic E-state index is 5.00. The van der Waals surface area contributed by atoms with E-state index < -0.39 is 0 Å². The lowest BCUT2D eigenvalue weighted by atomic mass is 10.1. The van der Waals surface area contributed by atoms with Gasteiger partial charge in [-0.15, -0.1) is 0 Å². The summed E-state index contributed by atoms with van der Waals surface area (Å²) in [6.07, 6.45) is 1.75. The number of thiocarbonyl (C=S) groups is 1. The van der Waals surface area contributed by atoms with Gasteiger partial charge in [0, 0.05) is 6.20 Å². The first-order valence-electron chi connectivity index (χ1n) is 3.74. The van der Waals surface area contributed by atoms with Crippen molar-refractivity contribution in [3.63, 3.8) is 0 Å². The second-order valence-corrected chi connectivity index (χ2v) is 2.90. The Hall–Kier alpha value is -0.960. The van der Waals surface area contributed by atoms with Crippen LogP contribution in [0.5, 0.6) is 0 Å². The van der Waals surface area contributed by atoms with E-state index in [-0.39, 0.29) is 5.92 Å². The first-order chi connectivity index (χ1) is 5.75. The molecule has 0 fully saturated rings. The first kappa shape index (κ1) is 9.13. The van der Waals surface area contributed by atoms with E-state index in [2.05, 4.69) is 4.98 Å². The third-order valence-corrected chi connectivity index (χ3v) is 2.21. The highest BCUT2D eigenvalue weighted by Crippen LogP contribution is 2.13. The van der Waals surface area contributed by atoms with E-state index in [0.29, 0.717) is 5.05 Å². The third-order valence-electron chi connectivity index (χ3n) is 1.69. The van der Waals surface area contributed by atoms with E-state index in [9.17, 15) is 0 Å². The molecule has 12 heavy (non-hydrogen) atoms. The number of pyridine rings is 1. The Kier molecular flexibility index (Phi) is 3.17. The summed E-state index contributed by atoms with van der Waals surface area (Å²) in [6.45, 7) is 1.98. The monoisotopic (exact) mass is 181 g/mol. The van der Waals surface area contributed by atoms with Gasteiger partial charge in [0.1, 0.15) is 0 Å². The average molecular weight is 181 g/mol. The van der Waals surface area contributed by atoms with Crippen LogP contribution in [0.25, 0.3) is 0 Å². The summed E-state index contributed by atoms with van der Waals surface area (Å²) in [6, 6.07) is 5.76. The van der Waals surface area contributed by atoms with Crippen LogP contribution in [0.4, 0.5) is 0 Å². The summed E-state index contributed by atoms with van der Waals surface area (Å²) in [5.74, 6) is 0.0891. The largest absolute Gasteiger partial charge is 0.490 e. The van der Waals surface area contributed by atoms with Crippen molar-refractivity contribution < 1.29 is 4.74 Å². The topological polar surface area (TPSA) is 22.1 Å². The van der Waals surface area contributed by atoms with Crippen LogP contribution in [0.1, 0.15) is 18.5 Å². The van der Waals surface area contributed by atoms with Gasteiger partial charge in [-0.3, -0.25) is 4.98 Å². The van der Waals surface area contributed by atoms with E-state index in [0.717, 1.165) is 5.69 Å². The van der Waals surface area contributed by atoms with Gasteiger partial charge in [-0.2, -0.15) is 0 Å². The summed E-state index contributed by atoms with van der Waals surface area (Å²) >= 11 is 5.00. The minimum Gasteiger partial charge on any atom is -0.490 e. The molecule has 1 atom stereocenters. The molecular formula is C9H11NOS. The molecule has 3 heteroatoms. The fourth-order valence-corrected chi connectivity index (χ4v) is 1.05. The van der Waals surface area contributed by atoms with Gasteiger partial charge in [-0.1, -0.05) is 6.07 Å². The summed E-state index contributed by atoms with van der Waals surface area (Å²) in [5.41, 5.74) is 0.948. The van der Waals surface area contributed by atoms with E-state index >= 15 is 0 Å². The minimum absolute atomic E-state index is 0.0891. The Labute approximate surface area is 77.6 Å². The van der Waals surface area contributed by atoms with Crippen molar-refractivity contribution in [2.75, 3.05) is 7.11 Å². The maximum Gasteiger partial charge on any atom is 0.168 e. The summed E-state index contributed by atoms with van der Waals surface area (Å²) in [7, 11) is 1.59. The summed E-state index contributed by atoms with van der Waals surface area (Å²) in [4.78, 5) is 4.18. The second-order valence-electron chi connectivity index (χ2n) is 2.50. The lowest BCUT2D eigenvalue weighted by molar-refractivity contribution is 0.396. The molecule has 1 rings (SSSR count). The number of ether oxygens (including phenoxy) is 1. The van der Waals surface area contributed by atoms with Crippen LogP contribution in [0.15, 0.2) is 24.4 Å². The lowest BCUT2D eigenvalue weighted by Crippen LogP contribution is -2.09. The van der Waals surface area contributed by atoms with Gasteiger partial charge < -0.3 is 4.74 Å². The Morgan fingerprint density at radius 1 is 1.58 bits per heavy atom. The quantitative estimate of drug-likeness (QED) is 0.653. The van der Waals surface area contributed by atoms with Crippen molar-refractivity contribution >= 4 is 17.3 Å². The second kappa shape index (κ2) is 4.16. The zero-order chi connectivity index (χ0) is 8.97. The van der Waals surface area contributed by atoms with Gasteiger partial charge in [0.15, 0.2) is 5.05 Å². The Bertz CT molecular complexity index is 260. The van der Waals surface area contributed by atoms with Crippen LogP contribution in [0, 0.1) is 0 Å². The molecule has 0 N–H and O–H groups in total. The van der Waals surface area contributed by atoms with E-state index in [1.54, 1.807) is 13.3 Å².